The van der Waals surface area contributed by atoms with Crippen molar-refractivity contribution >= 4 is 5.91 Å². The normalized spacial score (nSPS) is 18.0. The van der Waals surface area contributed by atoms with Gasteiger partial charge in [-0.05, 0) is 50.9 Å². The van der Waals surface area contributed by atoms with Crippen LogP contribution in [0.3, 0.4) is 0 Å². The summed E-state index contributed by atoms with van der Waals surface area (Å²) in [7, 11) is 0. The predicted octanol–water partition coefficient (Wildman–Crippen LogP) is 2.30. The number of aromatic nitrogens is 3. The molecule has 140 valence electrons. The molecule has 1 aromatic heterocycles. The van der Waals surface area contributed by atoms with Gasteiger partial charge in [-0.2, -0.15) is 0 Å². The Morgan fingerprint density at radius 3 is 2.69 bits per heavy atom. The van der Waals surface area contributed by atoms with E-state index in [2.05, 4.69) is 15.2 Å². The van der Waals surface area contributed by atoms with Crippen molar-refractivity contribution in [3.8, 4) is 5.75 Å². The van der Waals surface area contributed by atoms with E-state index in [1.807, 2.05) is 30.7 Å². The van der Waals surface area contributed by atoms with Gasteiger partial charge in [0.2, 0.25) is 0 Å². The molecule has 1 amide bonds. The number of hydrogen-bond donors (Lipinski definition) is 1. The number of aromatic hydroxyl groups is 1. The van der Waals surface area contributed by atoms with Gasteiger partial charge in [0.05, 0.1) is 12.2 Å². The number of carbonyl (C=O) groups is 1. The summed E-state index contributed by atoms with van der Waals surface area (Å²) in [6, 6.07) is 7.58. The molecule has 7 nitrogen and oxygen atoms in total. The smallest absolute Gasteiger partial charge is 0.276 e. The molecule has 2 aromatic rings. The Kier molecular flexibility index (Phi) is 5.88. The Labute approximate surface area is 154 Å². The molecule has 1 fully saturated rings. The van der Waals surface area contributed by atoms with Gasteiger partial charge in [-0.25, -0.2) is 4.68 Å². The highest BCUT2D eigenvalue weighted by Crippen LogP contribution is 2.23. The van der Waals surface area contributed by atoms with Gasteiger partial charge >= 0.3 is 0 Å². The van der Waals surface area contributed by atoms with Crippen LogP contribution in [0.4, 0.5) is 0 Å². The molecule has 1 aromatic carbocycles. The third-order valence-corrected chi connectivity index (χ3v) is 4.98. The van der Waals surface area contributed by atoms with Gasteiger partial charge in [-0.15, -0.1) is 5.10 Å². The van der Waals surface area contributed by atoms with E-state index in [4.69, 9.17) is 0 Å². The van der Waals surface area contributed by atoms with Crippen LogP contribution in [0.2, 0.25) is 0 Å². The maximum atomic E-state index is 12.4. The molecule has 0 aliphatic carbocycles. The van der Waals surface area contributed by atoms with Crippen LogP contribution in [0.1, 0.15) is 48.8 Å². The minimum atomic E-state index is -0.0574. The first-order valence-electron chi connectivity index (χ1n) is 9.32. The molecule has 1 unspecified atom stereocenters. The van der Waals surface area contributed by atoms with Crippen LogP contribution in [0.25, 0.3) is 0 Å². The van der Waals surface area contributed by atoms with Gasteiger partial charge in [-0.1, -0.05) is 17.3 Å². The van der Waals surface area contributed by atoms with Crippen molar-refractivity contribution in [2.75, 3.05) is 26.2 Å². The SMILES string of the molecule is CCN(CC)C(=O)c1cn(C2CCCN(Cc3ccc(O)cc3)C2)nn1. The van der Waals surface area contributed by atoms with Crippen molar-refractivity contribution in [3.05, 3.63) is 41.7 Å². The lowest BCUT2D eigenvalue weighted by Crippen LogP contribution is -2.36. The number of rotatable bonds is 6. The van der Waals surface area contributed by atoms with Gasteiger partial charge in [0.1, 0.15) is 5.75 Å². The molecule has 26 heavy (non-hydrogen) atoms. The molecule has 0 bridgehead atoms. The van der Waals surface area contributed by atoms with Gasteiger partial charge in [0.25, 0.3) is 5.91 Å². The molecule has 0 saturated carbocycles. The topological polar surface area (TPSA) is 74.5 Å². The second-order valence-corrected chi connectivity index (χ2v) is 6.76. The number of nitrogens with zero attached hydrogens (tertiary/aromatic N) is 5. The van der Waals surface area contributed by atoms with Crippen LogP contribution in [-0.4, -0.2) is 62.0 Å². The molecule has 0 spiro atoms. The molecule has 1 N–H and O–H groups in total. The fraction of sp³-hybridized carbons (Fsp3) is 0.526. The van der Waals surface area contributed by atoms with E-state index < -0.39 is 0 Å². The van der Waals surface area contributed by atoms with Crippen LogP contribution >= 0.6 is 0 Å². The zero-order valence-electron chi connectivity index (χ0n) is 15.5. The second-order valence-electron chi connectivity index (χ2n) is 6.76. The van der Waals surface area contributed by atoms with Gasteiger partial charge in [0.15, 0.2) is 5.69 Å². The monoisotopic (exact) mass is 357 g/mol. The number of benzene rings is 1. The zero-order chi connectivity index (χ0) is 18.5. The Morgan fingerprint density at radius 2 is 2.00 bits per heavy atom. The van der Waals surface area contributed by atoms with Crippen molar-refractivity contribution in [1.29, 1.82) is 0 Å². The van der Waals surface area contributed by atoms with E-state index in [0.717, 1.165) is 32.5 Å². The van der Waals surface area contributed by atoms with Crippen LogP contribution < -0.4 is 0 Å². The average Bonchev–Trinajstić information content (AvgIpc) is 3.15. The third-order valence-electron chi connectivity index (χ3n) is 4.98. The summed E-state index contributed by atoms with van der Waals surface area (Å²) in [4.78, 5) is 16.6. The molecule has 3 rings (SSSR count). The van der Waals surface area contributed by atoms with Crippen LogP contribution in [-0.2, 0) is 6.54 Å². The largest absolute Gasteiger partial charge is 0.508 e. The highest BCUT2D eigenvalue weighted by molar-refractivity contribution is 5.91. The lowest BCUT2D eigenvalue weighted by atomic mass is 10.0. The van der Waals surface area contributed by atoms with E-state index in [1.165, 1.54) is 5.56 Å². The van der Waals surface area contributed by atoms with Crippen LogP contribution in [0.15, 0.2) is 30.5 Å². The quantitative estimate of drug-likeness (QED) is 0.859. The van der Waals surface area contributed by atoms with E-state index in [-0.39, 0.29) is 11.9 Å². The van der Waals surface area contributed by atoms with Crippen molar-refractivity contribution in [2.24, 2.45) is 0 Å². The Hall–Kier alpha value is -2.41. The molecule has 1 saturated heterocycles. The van der Waals surface area contributed by atoms with Crippen molar-refractivity contribution in [1.82, 2.24) is 24.8 Å². The second kappa shape index (κ2) is 8.31. The van der Waals surface area contributed by atoms with E-state index >= 15 is 0 Å². The number of hydrogen-bond acceptors (Lipinski definition) is 5. The van der Waals surface area contributed by atoms with Crippen molar-refractivity contribution in [2.45, 2.75) is 39.3 Å². The Balaban J connectivity index is 1.64. The summed E-state index contributed by atoms with van der Waals surface area (Å²) in [6.07, 6.45) is 3.91. The first kappa shape index (κ1) is 18.4. The minimum Gasteiger partial charge on any atom is -0.508 e. The van der Waals surface area contributed by atoms with Crippen molar-refractivity contribution in [3.63, 3.8) is 0 Å². The summed E-state index contributed by atoms with van der Waals surface area (Å²) in [5, 5.41) is 17.7. The number of phenolic OH excluding ortho intramolecular Hbond substituents is 1. The maximum Gasteiger partial charge on any atom is 0.276 e. The number of likely N-dealkylation sites (tertiary alicyclic amines) is 1. The van der Waals surface area contributed by atoms with Gasteiger partial charge < -0.3 is 10.0 Å². The molecule has 1 aliphatic rings. The highest BCUT2D eigenvalue weighted by atomic mass is 16.3. The van der Waals surface area contributed by atoms with E-state index in [9.17, 15) is 9.90 Å². The highest BCUT2D eigenvalue weighted by Gasteiger charge is 2.24. The number of amides is 1. The molecule has 2 heterocycles. The molecule has 0 radical (unpaired) electrons. The summed E-state index contributed by atoms with van der Waals surface area (Å²) in [6.45, 7) is 8.04. The zero-order valence-corrected chi connectivity index (χ0v) is 15.5. The first-order valence-corrected chi connectivity index (χ1v) is 9.32. The molecule has 1 atom stereocenters. The first-order chi connectivity index (χ1) is 12.6. The number of carbonyl (C=O) groups excluding carboxylic acids is 1. The van der Waals surface area contributed by atoms with E-state index in [1.54, 1.807) is 23.2 Å². The average molecular weight is 357 g/mol. The summed E-state index contributed by atoms with van der Waals surface area (Å²) >= 11 is 0. The van der Waals surface area contributed by atoms with Gasteiger partial charge in [0, 0.05) is 26.2 Å². The van der Waals surface area contributed by atoms with Gasteiger partial charge in [-0.3, -0.25) is 9.69 Å². The maximum absolute atomic E-state index is 12.4. The van der Waals surface area contributed by atoms with Crippen LogP contribution in [0.5, 0.6) is 5.75 Å². The lowest BCUT2D eigenvalue weighted by Gasteiger charge is -2.32. The van der Waals surface area contributed by atoms with Crippen molar-refractivity contribution < 1.29 is 9.90 Å². The Bertz CT molecular complexity index is 724. The third kappa shape index (κ3) is 4.22. The van der Waals surface area contributed by atoms with Crippen LogP contribution in [0, 0.1) is 0 Å². The summed E-state index contributed by atoms with van der Waals surface area (Å²) in [5.74, 6) is 0.233. The molecule has 1 aliphatic heterocycles. The number of phenols is 1. The number of piperidine rings is 1. The summed E-state index contributed by atoms with van der Waals surface area (Å²) in [5.41, 5.74) is 1.60. The molecular weight excluding hydrogens is 330 g/mol. The fourth-order valence-corrected chi connectivity index (χ4v) is 3.48. The fourth-order valence-electron chi connectivity index (χ4n) is 3.48. The Morgan fingerprint density at radius 1 is 1.27 bits per heavy atom. The molecular formula is C19H27N5O2. The van der Waals surface area contributed by atoms with E-state index in [0.29, 0.717) is 24.5 Å². The minimum absolute atomic E-state index is 0.0574. The summed E-state index contributed by atoms with van der Waals surface area (Å²) < 4.78 is 1.85. The molecule has 7 heteroatoms. The standard InChI is InChI=1S/C19H27N5O2/c1-3-23(4-2)19(26)18-14-24(21-20-18)16-6-5-11-22(13-16)12-15-7-9-17(25)10-8-15/h7-10,14,16,25H,3-6,11-13H2,1-2H3. The lowest BCUT2D eigenvalue weighted by molar-refractivity contribution is 0.0767. The predicted molar refractivity (Wildman–Crippen MR) is 98.9 cm³/mol.